The fraction of sp³-hybridized carbons (Fsp3) is 0.455. The number of ketones is 1. The Morgan fingerprint density at radius 3 is 2.69 bits per heavy atom. The normalized spacial score (nSPS) is 25.4. The molecular weight excluding hydrogens is 162 g/mol. The second-order valence-corrected chi connectivity index (χ2v) is 4.16. The smallest absolute Gasteiger partial charge is 0.139 e. The largest absolute Gasteiger partial charge is 0.299 e. The highest BCUT2D eigenvalue weighted by atomic mass is 16.1. The number of hydrogen-bond acceptors (Lipinski definition) is 2. The topological polar surface area (TPSA) is 30.0 Å². The summed E-state index contributed by atoms with van der Waals surface area (Å²) in [5.41, 5.74) is 0.848. The monoisotopic (exact) mass is 175 g/mol. The van der Waals surface area contributed by atoms with E-state index in [2.05, 4.69) is 4.98 Å². The van der Waals surface area contributed by atoms with Gasteiger partial charge in [0.05, 0.1) is 0 Å². The first-order valence-electron chi connectivity index (χ1n) is 4.56. The van der Waals surface area contributed by atoms with E-state index in [0.29, 0.717) is 18.1 Å². The van der Waals surface area contributed by atoms with Crippen molar-refractivity contribution in [2.45, 2.75) is 26.2 Å². The van der Waals surface area contributed by atoms with Crippen LogP contribution in [0.5, 0.6) is 0 Å². The minimum atomic E-state index is -0.200. The first kappa shape index (κ1) is 8.42. The third kappa shape index (κ3) is 1.17. The molecule has 2 rings (SSSR count). The van der Waals surface area contributed by atoms with Crippen molar-refractivity contribution >= 4 is 5.78 Å². The van der Waals surface area contributed by atoms with Gasteiger partial charge in [-0.25, -0.2) is 0 Å². The third-order valence-electron chi connectivity index (χ3n) is 3.02. The molecule has 1 fully saturated rings. The zero-order valence-corrected chi connectivity index (χ0v) is 7.95. The van der Waals surface area contributed by atoms with E-state index in [9.17, 15) is 4.79 Å². The van der Waals surface area contributed by atoms with Crippen LogP contribution in [-0.2, 0) is 4.79 Å². The second kappa shape index (κ2) is 2.66. The standard InChI is InChI=1S/C11H13NO/c1-11(2)8(7-10(11)13)9-5-3-4-6-12-9/h3-6,8H,7H2,1-2H3. The Morgan fingerprint density at radius 2 is 2.23 bits per heavy atom. The summed E-state index contributed by atoms with van der Waals surface area (Å²) in [7, 11) is 0. The molecule has 1 saturated carbocycles. The Bertz CT molecular complexity index is 329. The third-order valence-corrected chi connectivity index (χ3v) is 3.02. The van der Waals surface area contributed by atoms with E-state index < -0.39 is 0 Å². The minimum Gasteiger partial charge on any atom is -0.299 e. The van der Waals surface area contributed by atoms with Crippen molar-refractivity contribution in [1.82, 2.24) is 4.98 Å². The molecule has 68 valence electrons. The summed E-state index contributed by atoms with van der Waals surface area (Å²) < 4.78 is 0. The van der Waals surface area contributed by atoms with Gasteiger partial charge in [-0.15, -0.1) is 0 Å². The van der Waals surface area contributed by atoms with Crippen LogP contribution in [0, 0.1) is 5.41 Å². The predicted molar refractivity (Wildman–Crippen MR) is 50.4 cm³/mol. The lowest BCUT2D eigenvalue weighted by molar-refractivity contribution is -0.138. The zero-order valence-electron chi connectivity index (χ0n) is 7.95. The summed E-state index contributed by atoms with van der Waals surface area (Å²) in [5.74, 6) is 0.671. The van der Waals surface area contributed by atoms with Crippen molar-refractivity contribution in [1.29, 1.82) is 0 Å². The number of carbonyl (C=O) groups excluding carboxylic acids is 1. The van der Waals surface area contributed by atoms with Crippen LogP contribution < -0.4 is 0 Å². The van der Waals surface area contributed by atoms with Crippen LogP contribution >= 0.6 is 0 Å². The number of nitrogens with zero attached hydrogens (tertiary/aromatic N) is 1. The molecule has 2 heteroatoms. The lowest BCUT2D eigenvalue weighted by atomic mass is 9.60. The van der Waals surface area contributed by atoms with Crippen LogP contribution in [0.3, 0.4) is 0 Å². The first-order chi connectivity index (χ1) is 6.12. The Kier molecular flexibility index (Phi) is 1.72. The highest BCUT2D eigenvalue weighted by molar-refractivity contribution is 5.92. The maximum atomic E-state index is 11.3. The van der Waals surface area contributed by atoms with Gasteiger partial charge >= 0.3 is 0 Å². The molecule has 0 radical (unpaired) electrons. The number of hydrogen-bond donors (Lipinski definition) is 0. The SMILES string of the molecule is CC1(C)C(=O)CC1c1ccccn1. The number of aromatic nitrogens is 1. The highest BCUT2D eigenvalue weighted by Crippen LogP contribution is 2.48. The van der Waals surface area contributed by atoms with E-state index in [1.807, 2.05) is 32.0 Å². The summed E-state index contributed by atoms with van der Waals surface area (Å²) in [6, 6.07) is 5.87. The van der Waals surface area contributed by atoms with Crippen LogP contribution in [0.25, 0.3) is 0 Å². The van der Waals surface area contributed by atoms with Crippen LogP contribution in [-0.4, -0.2) is 10.8 Å². The molecule has 2 nitrogen and oxygen atoms in total. The minimum absolute atomic E-state index is 0.200. The Balaban J connectivity index is 2.27. The van der Waals surface area contributed by atoms with E-state index in [1.165, 1.54) is 0 Å². The van der Waals surface area contributed by atoms with Gasteiger partial charge in [-0.3, -0.25) is 9.78 Å². The molecule has 0 aliphatic heterocycles. The lowest BCUT2D eigenvalue weighted by Gasteiger charge is -2.42. The van der Waals surface area contributed by atoms with Gasteiger partial charge in [0.25, 0.3) is 0 Å². The quantitative estimate of drug-likeness (QED) is 0.654. The summed E-state index contributed by atoms with van der Waals surface area (Å²) >= 11 is 0. The summed E-state index contributed by atoms with van der Waals surface area (Å²) in [6.07, 6.45) is 2.44. The maximum absolute atomic E-state index is 11.3. The number of carbonyl (C=O) groups is 1. The van der Waals surface area contributed by atoms with Crippen LogP contribution in [0.2, 0.25) is 0 Å². The highest BCUT2D eigenvalue weighted by Gasteiger charge is 2.48. The van der Waals surface area contributed by atoms with Crippen molar-refractivity contribution < 1.29 is 4.79 Å². The summed E-state index contributed by atoms with van der Waals surface area (Å²) in [6.45, 7) is 4.00. The van der Waals surface area contributed by atoms with E-state index in [-0.39, 0.29) is 5.41 Å². The number of rotatable bonds is 1. The Hall–Kier alpha value is -1.18. The van der Waals surface area contributed by atoms with Gasteiger partial charge in [-0.2, -0.15) is 0 Å². The number of Topliss-reactive ketones (excluding diaryl/α,β-unsaturated/α-hetero) is 1. The van der Waals surface area contributed by atoms with Gasteiger partial charge in [0, 0.05) is 29.6 Å². The molecule has 0 aromatic carbocycles. The maximum Gasteiger partial charge on any atom is 0.139 e. The van der Waals surface area contributed by atoms with Gasteiger partial charge < -0.3 is 0 Å². The molecule has 1 aromatic heterocycles. The molecule has 0 spiro atoms. The van der Waals surface area contributed by atoms with Crippen LogP contribution in [0.1, 0.15) is 31.9 Å². The van der Waals surface area contributed by atoms with Gasteiger partial charge in [0.15, 0.2) is 0 Å². The van der Waals surface area contributed by atoms with Gasteiger partial charge in [-0.05, 0) is 12.1 Å². The van der Waals surface area contributed by atoms with Gasteiger partial charge in [-0.1, -0.05) is 19.9 Å². The average molecular weight is 175 g/mol. The number of pyridine rings is 1. The predicted octanol–water partition coefficient (Wildman–Crippen LogP) is 2.16. The molecule has 1 unspecified atom stereocenters. The first-order valence-corrected chi connectivity index (χ1v) is 4.56. The molecule has 0 saturated heterocycles. The average Bonchev–Trinajstić information content (AvgIpc) is 2.15. The second-order valence-electron chi connectivity index (χ2n) is 4.16. The van der Waals surface area contributed by atoms with Crippen LogP contribution in [0.4, 0.5) is 0 Å². The Morgan fingerprint density at radius 1 is 1.46 bits per heavy atom. The molecule has 0 bridgehead atoms. The lowest BCUT2D eigenvalue weighted by Crippen LogP contribution is -2.43. The molecule has 1 aliphatic carbocycles. The fourth-order valence-corrected chi connectivity index (χ4v) is 1.82. The summed E-state index contributed by atoms with van der Waals surface area (Å²) in [5, 5.41) is 0. The van der Waals surface area contributed by atoms with Crippen molar-refractivity contribution in [2.75, 3.05) is 0 Å². The van der Waals surface area contributed by atoms with E-state index in [0.717, 1.165) is 5.69 Å². The van der Waals surface area contributed by atoms with Crippen molar-refractivity contribution in [3.05, 3.63) is 30.1 Å². The molecular formula is C11H13NO. The molecule has 1 aromatic rings. The summed E-state index contributed by atoms with van der Waals surface area (Å²) in [4.78, 5) is 15.6. The van der Waals surface area contributed by atoms with Gasteiger partial charge in [0.1, 0.15) is 5.78 Å². The fourth-order valence-electron chi connectivity index (χ4n) is 1.82. The van der Waals surface area contributed by atoms with Crippen molar-refractivity contribution in [2.24, 2.45) is 5.41 Å². The van der Waals surface area contributed by atoms with Crippen molar-refractivity contribution in [3.63, 3.8) is 0 Å². The molecule has 1 heterocycles. The zero-order chi connectivity index (χ0) is 9.47. The molecule has 1 aliphatic rings. The molecule has 0 N–H and O–H groups in total. The molecule has 1 atom stereocenters. The Labute approximate surface area is 78.0 Å². The van der Waals surface area contributed by atoms with Gasteiger partial charge in [0.2, 0.25) is 0 Å². The molecule has 13 heavy (non-hydrogen) atoms. The van der Waals surface area contributed by atoms with Crippen LogP contribution in [0.15, 0.2) is 24.4 Å². The molecule has 0 amide bonds. The van der Waals surface area contributed by atoms with Crippen molar-refractivity contribution in [3.8, 4) is 0 Å². The van der Waals surface area contributed by atoms with E-state index in [1.54, 1.807) is 6.20 Å². The van der Waals surface area contributed by atoms with E-state index >= 15 is 0 Å². The van der Waals surface area contributed by atoms with E-state index in [4.69, 9.17) is 0 Å².